The normalized spacial score (nSPS) is 15.1. The van der Waals surface area contributed by atoms with E-state index in [0.29, 0.717) is 17.4 Å². The molecule has 2 aromatic carbocycles. The number of fused-ring (bicyclic) bond motifs is 1. The van der Waals surface area contributed by atoms with Crippen LogP contribution in [0, 0.1) is 5.92 Å². The van der Waals surface area contributed by atoms with E-state index >= 15 is 0 Å². The van der Waals surface area contributed by atoms with Crippen molar-refractivity contribution < 1.29 is 9.53 Å². The van der Waals surface area contributed by atoms with Crippen LogP contribution in [0.4, 0.5) is 11.6 Å². The summed E-state index contributed by atoms with van der Waals surface area (Å²) >= 11 is 3.46. The van der Waals surface area contributed by atoms with E-state index in [9.17, 15) is 4.79 Å². The fourth-order valence-corrected chi connectivity index (χ4v) is 5.09. The van der Waals surface area contributed by atoms with Crippen LogP contribution in [0.3, 0.4) is 0 Å². The largest absolute Gasteiger partial charge is 0.457 e. The molecule has 1 amide bonds. The molecule has 5 rings (SSSR count). The van der Waals surface area contributed by atoms with Gasteiger partial charge in [-0.05, 0) is 74.3 Å². The first kappa shape index (κ1) is 24.3. The van der Waals surface area contributed by atoms with Gasteiger partial charge in [-0.1, -0.05) is 15.9 Å². The van der Waals surface area contributed by atoms with Crippen molar-refractivity contribution in [3.8, 4) is 11.5 Å². The molecule has 3 heterocycles. The highest BCUT2D eigenvalue weighted by molar-refractivity contribution is 9.10. The number of amides is 1. The van der Waals surface area contributed by atoms with E-state index < -0.39 is 0 Å². The predicted molar refractivity (Wildman–Crippen MR) is 145 cm³/mol. The molecule has 1 atom stereocenters. The van der Waals surface area contributed by atoms with Gasteiger partial charge in [-0.15, -0.1) is 0 Å². The number of nitrogens with two attached hydrogens (primary N) is 1. The minimum absolute atomic E-state index is 0.0151. The molecule has 0 aliphatic carbocycles. The number of anilines is 2. The van der Waals surface area contributed by atoms with Crippen molar-refractivity contribution in [2.45, 2.75) is 25.2 Å². The summed E-state index contributed by atoms with van der Waals surface area (Å²) in [6.07, 6.45) is 4.02. The van der Waals surface area contributed by atoms with Crippen molar-refractivity contribution in [3.63, 3.8) is 0 Å². The van der Waals surface area contributed by atoms with Gasteiger partial charge in [0.25, 0.3) is 0 Å². The highest BCUT2D eigenvalue weighted by atomic mass is 79.9. The number of benzene rings is 2. The monoisotopic (exact) mass is 548 g/mol. The Morgan fingerprint density at radius 3 is 2.67 bits per heavy atom. The fourth-order valence-electron chi connectivity index (χ4n) is 4.82. The lowest BCUT2D eigenvalue weighted by molar-refractivity contribution is -0.118. The minimum atomic E-state index is -0.306. The molecule has 2 aromatic heterocycles. The maximum absolute atomic E-state index is 11.8. The topological polar surface area (TPSA) is 107 Å². The molecule has 0 bridgehead atoms. The fraction of sp³-hybridized carbons (Fsp3) is 0.296. The van der Waals surface area contributed by atoms with Crippen LogP contribution in [-0.2, 0) is 11.8 Å². The number of ether oxygens (including phenoxy) is 1. The number of piperidine rings is 1. The van der Waals surface area contributed by atoms with Gasteiger partial charge in [0.15, 0.2) is 0 Å². The number of rotatable bonds is 8. The summed E-state index contributed by atoms with van der Waals surface area (Å²) in [6, 6.07) is 17.6. The highest BCUT2D eigenvalue weighted by Gasteiger charge is 2.28. The van der Waals surface area contributed by atoms with Crippen LogP contribution in [0.15, 0.2) is 65.3 Å². The van der Waals surface area contributed by atoms with Gasteiger partial charge < -0.3 is 25.7 Å². The molecule has 4 N–H and O–H groups in total. The molecule has 9 heteroatoms. The Hall–Kier alpha value is -3.43. The van der Waals surface area contributed by atoms with Gasteiger partial charge in [-0.25, -0.2) is 4.98 Å². The third-order valence-corrected chi connectivity index (χ3v) is 7.22. The molecule has 8 nitrogen and oxygen atoms in total. The number of carbonyl (C=O) groups is 1. The average Bonchev–Trinajstić information content (AvgIpc) is 3.18. The quantitative estimate of drug-likeness (QED) is 0.278. The molecule has 1 saturated heterocycles. The van der Waals surface area contributed by atoms with Gasteiger partial charge in [0.1, 0.15) is 11.5 Å². The van der Waals surface area contributed by atoms with Gasteiger partial charge >= 0.3 is 0 Å². The second-order valence-electron chi connectivity index (χ2n) is 9.16. The second-order valence-corrected chi connectivity index (χ2v) is 10.1. The zero-order valence-corrected chi connectivity index (χ0v) is 21.7. The number of aromatic nitrogens is 3. The number of hydrogen-bond donors (Lipinski definition) is 3. The molecular formula is C27H29BrN6O2. The second kappa shape index (κ2) is 10.7. The summed E-state index contributed by atoms with van der Waals surface area (Å²) in [5.74, 6) is 2.14. The number of nitrogens with one attached hydrogen (secondary N) is 2. The number of pyridine rings is 1. The van der Waals surface area contributed by atoms with Gasteiger partial charge in [0.2, 0.25) is 11.9 Å². The summed E-state index contributed by atoms with van der Waals surface area (Å²) in [6.45, 7) is 1.89. The number of primary amides is 1. The summed E-state index contributed by atoms with van der Waals surface area (Å²) in [4.78, 5) is 21.2. The Kier molecular flexibility index (Phi) is 7.20. The number of imidazole rings is 1. The number of halogens is 1. The Balaban J connectivity index is 1.37. The molecule has 1 aliphatic rings. The van der Waals surface area contributed by atoms with Crippen molar-refractivity contribution in [2.24, 2.45) is 18.7 Å². The van der Waals surface area contributed by atoms with Gasteiger partial charge in [0.05, 0.1) is 11.0 Å². The Bertz CT molecular complexity index is 1360. The summed E-state index contributed by atoms with van der Waals surface area (Å²) in [5.41, 5.74) is 9.21. The van der Waals surface area contributed by atoms with E-state index in [4.69, 9.17) is 15.5 Å². The average molecular weight is 549 g/mol. The van der Waals surface area contributed by atoms with Crippen molar-refractivity contribution in [2.75, 3.05) is 18.4 Å². The summed E-state index contributed by atoms with van der Waals surface area (Å²) in [5, 5.41) is 6.74. The standard InChI is InChI=1S/C27H29BrN6O2/c1-34-25-7-6-20(15-24(25)33-27(34)32-19-4-2-18(28)3-5-19)36-21-10-13-31-23(14-21)22(16-26(29)35)17-8-11-30-12-9-17/h2-7,10,13-15,17,22,30H,8-9,11-12,16H2,1H3,(H2,29,35)(H,32,33). The molecule has 0 radical (unpaired) electrons. The smallest absolute Gasteiger partial charge is 0.218 e. The molecule has 0 spiro atoms. The molecule has 186 valence electrons. The first-order chi connectivity index (χ1) is 17.5. The van der Waals surface area contributed by atoms with E-state index in [1.165, 1.54) is 0 Å². The number of nitrogens with zero attached hydrogens (tertiary/aromatic N) is 3. The van der Waals surface area contributed by atoms with Crippen LogP contribution in [-0.4, -0.2) is 33.5 Å². The first-order valence-corrected chi connectivity index (χ1v) is 12.9. The molecule has 0 saturated carbocycles. The molecule has 1 fully saturated rings. The Morgan fingerprint density at radius 1 is 1.17 bits per heavy atom. The predicted octanol–water partition coefficient (Wildman–Crippen LogP) is 5.23. The SMILES string of the molecule is Cn1c(Nc2ccc(Br)cc2)nc2cc(Oc3ccnc(C(CC(N)=O)C4CCNCC4)c3)ccc21. The highest BCUT2D eigenvalue weighted by Crippen LogP contribution is 2.35. The van der Waals surface area contributed by atoms with Crippen LogP contribution in [0.2, 0.25) is 0 Å². The van der Waals surface area contributed by atoms with Gasteiger partial charge in [0, 0.05) is 53.6 Å². The Labute approximate surface area is 218 Å². The van der Waals surface area contributed by atoms with Crippen LogP contribution < -0.4 is 21.1 Å². The third-order valence-electron chi connectivity index (χ3n) is 6.69. The molecule has 1 aliphatic heterocycles. The van der Waals surface area contributed by atoms with Crippen LogP contribution in [0.25, 0.3) is 11.0 Å². The summed E-state index contributed by atoms with van der Waals surface area (Å²) in [7, 11) is 1.98. The van der Waals surface area contributed by atoms with E-state index in [0.717, 1.165) is 58.8 Å². The first-order valence-electron chi connectivity index (χ1n) is 12.1. The van der Waals surface area contributed by atoms with Gasteiger partial charge in [-0.3, -0.25) is 9.78 Å². The number of carbonyl (C=O) groups excluding carboxylic acids is 1. The van der Waals surface area contributed by atoms with E-state index in [1.54, 1.807) is 6.20 Å². The number of hydrogen-bond acceptors (Lipinski definition) is 6. The molecule has 4 aromatic rings. The molecule has 36 heavy (non-hydrogen) atoms. The lowest BCUT2D eigenvalue weighted by atomic mass is 9.80. The summed E-state index contributed by atoms with van der Waals surface area (Å²) < 4.78 is 9.24. The third kappa shape index (κ3) is 5.52. The van der Waals surface area contributed by atoms with Crippen molar-refractivity contribution in [1.29, 1.82) is 0 Å². The maximum atomic E-state index is 11.8. The molecular weight excluding hydrogens is 520 g/mol. The van der Waals surface area contributed by atoms with Crippen molar-refractivity contribution in [3.05, 3.63) is 71.0 Å². The van der Waals surface area contributed by atoms with Gasteiger partial charge in [-0.2, -0.15) is 0 Å². The van der Waals surface area contributed by atoms with Crippen LogP contribution in [0.1, 0.15) is 30.9 Å². The van der Waals surface area contributed by atoms with Crippen molar-refractivity contribution >= 4 is 44.5 Å². The van der Waals surface area contributed by atoms with E-state index in [-0.39, 0.29) is 18.2 Å². The van der Waals surface area contributed by atoms with Crippen molar-refractivity contribution in [1.82, 2.24) is 19.9 Å². The maximum Gasteiger partial charge on any atom is 0.218 e. The molecule has 1 unspecified atom stereocenters. The van der Waals surface area contributed by atoms with Crippen LogP contribution in [0.5, 0.6) is 11.5 Å². The van der Waals surface area contributed by atoms with Crippen LogP contribution >= 0.6 is 15.9 Å². The zero-order chi connectivity index (χ0) is 25.1. The lowest BCUT2D eigenvalue weighted by Gasteiger charge is -2.30. The van der Waals surface area contributed by atoms with E-state index in [2.05, 4.69) is 31.5 Å². The zero-order valence-electron chi connectivity index (χ0n) is 20.1. The minimum Gasteiger partial charge on any atom is -0.457 e. The lowest BCUT2D eigenvalue weighted by Crippen LogP contribution is -2.32. The number of aryl methyl sites for hydroxylation is 1. The Morgan fingerprint density at radius 2 is 1.92 bits per heavy atom. The van der Waals surface area contributed by atoms with E-state index in [1.807, 2.05) is 66.2 Å².